The van der Waals surface area contributed by atoms with Gasteiger partial charge in [0.15, 0.2) is 0 Å². The molecule has 2 heterocycles. The molecule has 1 saturated carbocycles. The summed E-state index contributed by atoms with van der Waals surface area (Å²) in [5.74, 6) is -0.458. The average Bonchev–Trinajstić information content (AvgIpc) is 3.35. The fourth-order valence-corrected chi connectivity index (χ4v) is 7.65. The number of nitrogens with zero attached hydrogens (tertiary/aromatic N) is 4. The molecule has 0 bridgehead atoms. The summed E-state index contributed by atoms with van der Waals surface area (Å²) >= 11 is 0. The van der Waals surface area contributed by atoms with E-state index in [1.165, 1.54) is 55.1 Å². The van der Waals surface area contributed by atoms with E-state index in [4.69, 9.17) is 0 Å². The minimum Gasteiger partial charge on any atom is -0.303 e. The van der Waals surface area contributed by atoms with E-state index in [1.54, 1.807) is 42.6 Å². The molecule has 0 spiro atoms. The van der Waals surface area contributed by atoms with Crippen molar-refractivity contribution in [3.05, 3.63) is 96.2 Å². The highest BCUT2D eigenvalue weighted by Gasteiger charge is 2.22. The molecule has 0 amide bonds. The van der Waals surface area contributed by atoms with Crippen LogP contribution in [0.15, 0.2) is 84.0 Å². The maximum atomic E-state index is 14.6. The molecule has 0 radical (unpaired) electrons. The fourth-order valence-electron chi connectivity index (χ4n) is 6.24. The van der Waals surface area contributed by atoms with Crippen molar-refractivity contribution in [3.63, 3.8) is 0 Å². The Morgan fingerprint density at radius 2 is 1.50 bits per heavy atom. The summed E-state index contributed by atoms with van der Waals surface area (Å²) in [7, 11) is -1.51. The molecular weight excluding hydrogens is 547 g/mol. The van der Waals surface area contributed by atoms with Crippen LogP contribution in [0.1, 0.15) is 68.9 Å². The lowest BCUT2D eigenvalue weighted by molar-refractivity contribution is 0.191. The third kappa shape index (κ3) is 7.46. The summed E-state index contributed by atoms with van der Waals surface area (Å²) in [5, 5.41) is 0.887. The fraction of sp³-hybridized carbons (Fsp3) is 0.441. The predicted octanol–water partition coefficient (Wildman–Crippen LogP) is 7.24. The first kappa shape index (κ1) is 30.4. The first-order valence-corrected chi connectivity index (χ1v) is 16.8. The second kappa shape index (κ2) is 14.4. The molecule has 1 aliphatic rings. The number of halogens is 1. The van der Waals surface area contributed by atoms with E-state index >= 15 is 0 Å². The lowest BCUT2D eigenvalue weighted by Gasteiger charge is -2.30. The lowest BCUT2D eigenvalue weighted by Crippen LogP contribution is -2.33. The van der Waals surface area contributed by atoms with Crippen molar-refractivity contribution >= 4 is 20.9 Å². The third-order valence-electron chi connectivity index (χ3n) is 8.62. The molecule has 0 unspecified atom stereocenters. The maximum Gasteiger partial charge on any atom is 0.268 e. The predicted molar refractivity (Wildman–Crippen MR) is 167 cm³/mol. The second-order valence-electron chi connectivity index (χ2n) is 11.6. The van der Waals surface area contributed by atoms with Crippen molar-refractivity contribution in [1.82, 2.24) is 18.8 Å². The van der Waals surface area contributed by atoms with Gasteiger partial charge in [-0.05, 0) is 75.6 Å². The Kier molecular flexibility index (Phi) is 10.4. The Labute approximate surface area is 250 Å². The van der Waals surface area contributed by atoms with Gasteiger partial charge >= 0.3 is 0 Å². The Morgan fingerprint density at radius 1 is 0.833 bits per heavy atom. The van der Waals surface area contributed by atoms with Gasteiger partial charge in [0, 0.05) is 42.5 Å². The summed E-state index contributed by atoms with van der Waals surface area (Å²) in [5.41, 5.74) is 2.09. The Bertz CT molecular complexity index is 1530. The Hall–Kier alpha value is -3.07. The van der Waals surface area contributed by atoms with E-state index in [-0.39, 0.29) is 4.90 Å². The summed E-state index contributed by atoms with van der Waals surface area (Å²) in [6.07, 6.45) is 14.6. The van der Waals surface area contributed by atoms with Gasteiger partial charge in [-0.3, -0.25) is 4.90 Å². The van der Waals surface area contributed by atoms with Crippen LogP contribution in [0.2, 0.25) is 0 Å². The van der Waals surface area contributed by atoms with Crippen molar-refractivity contribution in [1.29, 1.82) is 0 Å². The minimum absolute atomic E-state index is 0.250. The monoisotopic (exact) mass is 590 g/mol. The number of hydrogen-bond acceptors (Lipinski definition) is 5. The van der Waals surface area contributed by atoms with Gasteiger partial charge in [0.2, 0.25) is 5.95 Å². The lowest BCUT2D eigenvalue weighted by atomic mass is 9.96. The molecule has 4 aromatic rings. The van der Waals surface area contributed by atoms with Crippen LogP contribution in [-0.4, -0.2) is 53.4 Å². The molecule has 2 aromatic heterocycles. The molecule has 1 fully saturated rings. The van der Waals surface area contributed by atoms with E-state index in [9.17, 15) is 12.8 Å². The first-order chi connectivity index (χ1) is 20.4. The van der Waals surface area contributed by atoms with Crippen LogP contribution in [0.5, 0.6) is 0 Å². The number of benzene rings is 2. The van der Waals surface area contributed by atoms with Gasteiger partial charge in [-0.15, -0.1) is 0 Å². The summed E-state index contributed by atoms with van der Waals surface area (Å²) in [6, 6.07) is 20.3. The number of aromatic nitrogens is 2. The summed E-state index contributed by atoms with van der Waals surface area (Å²) in [4.78, 5) is 8.87. The number of pyridine rings is 1. The van der Waals surface area contributed by atoms with Crippen molar-refractivity contribution in [2.75, 3.05) is 20.1 Å². The number of rotatable bonds is 12. The van der Waals surface area contributed by atoms with Gasteiger partial charge < -0.3 is 4.90 Å². The molecule has 0 N–H and O–H groups in total. The molecule has 42 heavy (non-hydrogen) atoms. The highest BCUT2D eigenvalue weighted by atomic mass is 32.2. The number of hydrogen-bond donors (Lipinski definition) is 0. The average molecular weight is 591 g/mol. The molecule has 6 nitrogen and oxygen atoms in total. The summed E-state index contributed by atoms with van der Waals surface area (Å²) < 4.78 is 43.2. The number of fused-ring (bicyclic) bond motifs is 1. The van der Waals surface area contributed by atoms with E-state index in [1.807, 2.05) is 30.3 Å². The maximum absolute atomic E-state index is 14.6. The molecule has 8 heteroatoms. The first-order valence-electron chi connectivity index (χ1n) is 15.3. The zero-order valence-corrected chi connectivity index (χ0v) is 25.5. The van der Waals surface area contributed by atoms with Crippen LogP contribution in [0.3, 0.4) is 0 Å². The smallest absolute Gasteiger partial charge is 0.268 e. The highest BCUT2D eigenvalue weighted by molar-refractivity contribution is 7.90. The largest absolute Gasteiger partial charge is 0.303 e. The molecule has 0 saturated heterocycles. The van der Waals surface area contributed by atoms with Gasteiger partial charge in [-0.2, -0.15) is 4.39 Å². The number of para-hydroxylation sites is 1. The topological polar surface area (TPSA) is 58.4 Å². The van der Waals surface area contributed by atoms with E-state index < -0.39 is 16.0 Å². The molecular formula is C34H43FN4O2S. The van der Waals surface area contributed by atoms with Crippen molar-refractivity contribution < 1.29 is 12.8 Å². The minimum atomic E-state index is -3.77. The van der Waals surface area contributed by atoms with Crippen molar-refractivity contribution in [2.24, 2.45) is 0 Å². The highest BCUT2D eigenvalue weighted by Crippen LogP contribution is 2.28. The van der Waals surface area contributed by atoms with Gasteiger partial charge in [0.25, 0.3) is 10.0 Å². The van der Waals surface area contributed by atoms with Crippen LogP contribution in [0.4, 0.5) is 4.39 Å². The van der Waals surface area contributed by atoms with Gasteiger partial charge in [0.05, 0.1) is 10.4 Å². The van der Waals surface area contributed by atoms with Crippen molar-refractivity contribution in [2.45, 2.75) is 81.8 Å². The zero-order chi connectivity index (χ0) is 29.4. The summed E-state index contributed by atoms with van der Waals surface area (Å²) in [6.45, 7) is 2.74. The van der Waals surface area contributed by atoms with Gasteiger partial charge in [0.1, 0.15) is 0 Å². The zero-order valence-electron chi connectivity index (χ0n) is 24.7. The van der Waals surface area contributed by atoms with Crippen LogP contribution < -0.4 is 0 Å². The number of unbranched alkanes of at least 4 members (excludes halogenated alkanes) is 1. The molecule has 1 aliphatic carbocycles. The Morgan fingerprint density at radius 3 is 2.26 bits per heavy atom. The quantitative estimate of drug-likeness (QED) is 0.129. The van der Waals surface area contributed by atoms with Crippen molar-refractivity contribution in [3.8, 4) is 0 Å². The van der Waals surface area contributed by atoms with E-state index in [0.29, 0.717) is 30.2 Å². The molecule has 5 rings (SSSR count). The van der Waals surface area contributed by atoms with E-state index in [2.05, 4.69) is 21.8 Å². The molecule has 2 aromatic carbocycles. The van der Waals surface area contributed by atoms with Crippen LogP contribution in [-0.2, 0) is 23.1 Å². The van der Waals surface area contributed by atoms with Gasteiger partial charge in [-0.25, -0.2) is 17.4 Å². The van der Waals surface area contributed by atoms with Crippen LogP contribution in [0, 0.1) is 5.95 Å². The Balaban J connectivity index is 1.33. The van der Waals surface area contributed by atoms with Gasteiger partial charge in [-0.1, -0.05) is 74.6 Å². The molecule has 0 aliphatic heterocycles. The SMILES string of the molecule is CN(CCCCN(Cc1cccnc1F)Cc1cn(S(=O)(=O)c2ccccc2)c2ccccc12)C1CCCCCCC1. The normalized spacial score (nSPS) is 15.3. The third-order valence-corrected chi connectivity index (χ3v) is 10.3. The standard InChI is InChI=1S/C34H43FN4O2S/c1-37(30-16-6-3-2-4-7-17-30)23-12-13-24-38(25-28-15-14-22-36-34(28)35)26-29-27-39(33-21-11-10-20-32(29)33)42(40,41)31-18-8-5-9-19-31/h5,8-11,14-15,18-22,27,30H,2-4,6-7,12-13,16-17,23-26H2,1H3. The van der Waals surface area contributed by atoms with Crippen LogP contribution >= 0.6 is 0 Å². The van der Waals surface area contributed by atoms with Crippen LogP contribution in [0.25, 0.3) is 10.9 Å². The molecule has 0 atom stereocenters. The second-order valence-corrected chi connectivity index (χ2v) is 13.5. The van der Waals surface area contributed by atoms with E-state index in [0.717, 1.165) is 36.9 Å². The molecule has 224 valence electrons.